The number of carboxylic acids is 2. The first-order valence-electron chi connectivity index (χ1n) is 3.66. The van der Waals surface area contributed by atoms with Crippen molar-refractivity contribution in [1.82, 2.24) is 4.90 Å². The molecular weight excluding hydrogens is 162 g/mol. The monoisotopic (exact) mass is 173 g/mol. The zero-order chi connectivity index (χ0) is 9.30. The molecule has 0 spiro atoms. The highest BCUT2D eigenvalue weighted by atomic mass is 16.4. The standard InChI is InChI=1S/C7H11NO4/c1-8-2-4(6(9)10)5(3-8)7(11)12/h4-5H,2-3H2,1H3,(H,9,10)(H,11,12)/t4-,5-/m1/s1. The van der Waals surface area contributed by atoms with Crippen LogP contribution in [0.3, 0.4) is 0 Å². The van der Waals surface area contributed by atoms with Crippen molar-refractivity contribution >= 4 is 11.9 Å². The van der Waals surface area contributed by atoms with Crippen LogP contribution in [-0.2, 0) is 9.59 Å². The van der Waals surface area contributed by atoms with Crippen LogP contribution in [0.5, 0.6) is 0 Å². The maximum atomic E-state index is 10.6. The van der Waals surface area contributed by atoms with Gasteiger partial charge in [0.2, 0.25) is 0 Å². The Bertz CT molecular complexity index is 193. The van der Waals surface area contributed by atoms with Crippen molar-refractivity contribution < 1.29 is 19.8 Å². The van der Waals surface area contributed by atoms with E-state index in [1.807, 2.05) is 0 Å². The van der Waals surface area contributed by atoms with E-state index in [0.717, 1.165) is 0 Å². The Kier molecular flexibility index (Phi) is 2.32. The molecular formula is C7H11NO4. The second kappa shape index (κ2) is 3.10. The summed E-state index contributed by atoms with van der Waals surface area (Å²) in [4.78, 5) is 22.9. The first-order chi connectivity index (χ1) is 5.52. The van der Waals surface area contributed by atoms with Crippen molar-refractivity contribution in [3.05, 3.63) is 0 Å². The lowest BCUT2D eigenvalue weighted by Crippen LogP contribution is -2.28. The average Bonchev–Trinajstić information content (AvgIpc) is 2.31. The van der Waals surface area contributed by atoms with Crippen LogP contribution in [-0.4, -0.2) is 47.2 Å². The van der Waals surface area contributed by atoms with E-state index in [0.29, 0.717) is 13.1 Å². The third-order valence-electron chi connectivity index (χ3n) is 2.14. The summed E-state index contributed by atoms with van der Waals surface area (Å²) in [6.07, 6.45) is 0. The van der Waals surface area contributed by atoms with Crippen molar-refractivity contribution in [3.8, 4) is 0 Å². The van der Waals surface area contributed by atoms with Gasteiger partial charge >= 0.3 is 11.9 Å². The molecule has 0 radical (unpaired) electrons. The van der Waals surface area contributed by atoms with Crippen LogP contribution in [0.1, 0.15) is 0 Å². The second-order valence-corrected chi connectivity index (χ2v) is 3.11. The minimum Gasteiger partial charge on any atom is -0.481 e. The number of hydrogen-bond acceptors (Lipinski definition) is 3. The summed E-state index contributed by atoms with van der Waals surface area (Å²) in [5.41, 5.74) is 0. The minimum absolute atomic E-state index is 0.326. The molecule has 1 fully saturated rings. The lowest BCUT2D eigenvalue weighted by Gasteiger charge is -2.07. The number of carboxylic acid groups (broad SMARTS) is 2. The Morgan fingerprint density at radius 2 is 1.50 bits per heavy atom. The van der Waals surface area contributed by atoms with E-state index < -0.39 is 23.8 Å². The molecule has 0 aliphatic carbocycles. The summed E-state index contributed by atoms with van der Waals surface area (Å²) in [6, 6.07) is 0. The largest absolute Gasteiger partial charge is 0.481 e. The summed E-state index contributed by atoms with van der Waals surface area (Å²) < 4.78 is 0. The highest BCUT2D eigenvalue weighted by Crippen LogP contribution is 2.22. The maximum Gasteiger partial charge on any atom is 0.308 e. The maximum absolute atomic E-state index is 10.6. The normalized spacial score (nSPS) is 30.4. The van der Waals surface area contributed by atoms with Crippen LogP contribution in [0.4, 0.5) is 0 Å². The van der Waals surface area contributed by atoms with Crippen LogP contribution in [0.15, 0.2) is 0 Å². The molecule has 0 unspecified atom stereocenters. The molecule has 1 rings (SSSR count). The van der Waals surface area contributed by atoms with Gasteiger partial charge in [-0.05, 0) is 7.05 Å². The van der Waals surface area contributed by atoms with E-state index in [4.69, 9.17) is 10.2 Å². The van der Waals surface area contributed by atoms with Gasteiger partial charge in [-0.2, -0.15) is 0 Å². The van der Waals surface area contributed by atoms with Gasteiger partial charge in [0.15, 0.2) is 0 Å². The molecule has 12 heavy (non-hydrogen) atoms. The fraction of sp³-hybridized carbons (Fsp3) is 0.714. The van der Waals surface area contributed by atoms with Gasteiger partial charge in [0.05, 0.1) is 11.8 Å². The number of likely N-dealkylation sites (tertiary alicyclic amines) is 1. The summed E-state index contributed by atoms with van der Waals surface area (Å²) in [5, 5.41) is 17.3. The van der Waals surface area contributed by atoms with Gasteiger partial charge in [-0.15, -0.1) is 0 Å². The average molecular weight is 173 g/mol. The summed E-state index contributed by atoms with van der Waals surface area (Å²) in [6.45, 7) is 0.651. The van der Waals surface area contributed by atoms with Crippen LogP contribution in [0, 0.1) is 11.8 Å². The molecule has 5 nitrogen and oxygen atoms in total. The zero-order valence-corrected chi connectivity index (χ0v) is 6.73. The van der Waals surface area contributed by atoms with Gasteiger partial charge in [0, 0.05) is 13.1 Å². The van der Waals surface area contributed by atoms with Crippen molar-refractivity contribution in [3.63, 3.8) is 0 Å². The van der Waals surface area contributed by atoms with Gasteiger partial charge in [0.1, 0.15) is 0 Å². The van der Waals surface area contributed by atoms with E-state index >= 15 is 0 Å². The Balaban J connectivity index is 2.72. The molecule has 2 atom stereocenters. The van der Waals surface area contributed by atoms with Gasteiger partial charge < -0.3 is 15.1 Å². The lowest BCUT2D eigenvalue weighted by molar-refractivity contribution is -0.151. The second-order valence-electron chi connectivity index (χ2n) is 3.11. The Morgan fingerprint density at radius 3 is 1.75 bits per heavy atom. The summed E-state index contributed by atoms with van der Waals surface area (Å²) in [7, 11) is 1.72. The third kappa shape index (κ3) is 1.55. The number of rotatable bonds is 2. The molecule has 1 aliphatic rings. The van der Waals surface area contributed by atoms with Crippen LogP contribution >= 0.6 is 0 Å². The van der Waals surface area contributed by atoms with E-state index in [9.17, 15) is 9.59 Å². The first kappa shape index (κ1) is 8.99. The fourth-order valence-electron chi connectivity index (χ4n) is 1.50. The highest BCUT2D eigenvalue weighted by Gasteiger charge is 2.40. The van der Waals surface area contributed by atoms with Crippen LogP contribution < -0.4 is 0 Å². The minimum atomic E-state index is -1.02. The van der Waals surface area contributed by atoms with E-state index in [-0.39, 0.29) is 0 Å². The molecule has 0 aromatic rings. The molecule has 5 heteroatoms. The van der Waals surface area contributed by atoms with Gasteiger partial charge in [-0.25, -0.2) is 0 Å². The molecule has 68 valence electrons. The fourth-order valence-corrected chi connectivity index (χ4v) is 1.50. The molecule has 0 aromatic heterocycles. The third-order valence-corrected chi connectivity index (χ3v) is 2.14. The molecule has 0 amide bonds. The summed E-state index contributed by atoms with van der Waals surface area (Å²) >= 11 is 0. The van der Waals surface area contributed by atoms with Gasteiger partial charge in [-0.1, -0.05) is 0 Å². The SMILES string of the molecule is CN1C[C@@H](C(=O)O)[C@H](C(=O)O)C1. The predicted molar refractivity (Wildman–Crippen MR) is 39.7 cm³/mol. The quantitative estimate of drug-likeness (QED) is 0.579. The van der Waals surface area contributed by atoms with Gasteiger partial charge in [0.25, 0.3) is 0 Å². The predicted octanol–water partition coefficient (Wildman–Crippen LogP) is -0.667. The Morgan fingerprint density at radius 1 is 1.17 bits per heavy atom. The van der Waals surface area contributed by atoms with Crippen molar-refractivity contribution in [1.29, 1.82) is 0 Å². The topological polar surface area (TPSA) is 77.8 Å². The van der Waals surface area contributed by atoms with Crippen LogP contribution in [0.25, 0.3) is 0 Å². The molecule has 0 aromatic carbocycles. The lowest BCUT2D eigenvalue weighted by atomic mass is 9.97. The summed E-state index contributed by atoms with van der Waals surface area (Å²) in [5.74, 6) is -3.56. The highest BCUT2D eigenvalue weighted by molar-refractivity contribution is 5.81. The Labute approximate surface area is 69.6 Å². The molecule has 0 saturated carbocycles. The van der Waals surface area contributed by atoms with Crippen molar-refractivity contribution in [2.24, 2.45) is 11.8 Å². The van der Waals surface area contributed by atoms with E-state index in [1.165, 1.54) is 0 Å². The number of aliphatic carboxylic acids is 2. The molecule has 1 heterocycles. The number of hydrogen-bond donors (Lipinski definition) is 2. The van der Waals surface area contributed by atoms with Gasteiger partial charge in [-0.3, -0.25) is 9.59 Å². The smallest absolute Gasteiger partial charge is 0.308 e. The van der Waals surface area contributed by atoms with Crippen LogP contribution in [0.2, 0.25) is 0 Å². The first-order valence-corrected chi connectivity index (χ1v) is 3.66. The zero-order valence-electron chi connectivity index (χ0n) is 6.73. The van der Waals surface area contributed by atoms with E-state index in [1.54, 1.807) is 11.9 Å². The molecule has 1 aliphatic heterocycles. The molecule has 0 bridgehead atoms. The number of carbonyl (C=O) groups is 2. The van der Waals surface area contributed by atoms with Crippen molar-refractivity contribution in [2.45, 2.75) is 0 Å². The van der Waals surface area contributed by atoms with E-state index in [2.05, 4.69) is 0 Å². The van der Waals surface area contributed by atoms with Crippen molar-refractivity contribution in [2.75, 3.05) is 20.1 Å². The number of nitrogens with zero attached hydrogens (tertiary/aromatic N) is 1. The molecule has 2 N–H and O–H groups in total. The Hall–Kier alpha value is -1.10. The molecule has 1 saturated heterocycles.